The fourth-order valence-corrected chi connectivity index (χ4v) is 7.56. The molecule has 0 heterocycles. The Bertz CT molecular complexity index is 2010. The molecule has 1 aliphatic carbocycles. The molecule has 2 atom stereocenters. The number of benzene rings is 5. The number of rotatable bonds is 7. The smallest absolute Gasteiger partial charge is 0.282 e. The molecule has 0 spiro atoms. The number of hydrogen-bond acceptors (Lipinski definition) is 3. The van der Waals surface area contributed by atoms with Crippen molar-refractivity contribution in [3.63, 3.8) is 0 Å². The van der Waals surface area contributed by atoms with Crippen molar-refractivity contribution in [3.05, 3.63) is 151 Å². The molecule has 0 N–H and O–H groups in total. The largest absolute Gasteiger partial charge is 0.497 e. The fraction of sp³-hybridized carbons (Fsp3) is 0.135. The highest BCUT2D eigenvalue weighted by atomic mass is 35.5. The molecule has 0 amide bonds. The minimum Gasteiger partial charge on any atom is -0.497 e. The van der Waals surface area contributed by atoms with Crippen molar-refractivity contribution in [1.82, 2.24) is 0 Å². The van der Waals surface area contributed by atoms with Gasteiger partial charge in [-0.25, -0.2) is 8.78 Å². The molecule has 0 bridgehead atoms. The van der Waals surface area contributed by atoms with Gasteiger partial charge in [-0.3, -0.25) is 0 Å². The van der Waals surface area contributed by atoms with Crippen LogP contribution in [-0.2, 0) is 15.1 Å². The highest BCUT2D eigenvalue weighted by Crippen LogP contribution is 2.65. The molecule has 46 heavy (non-hydrogen) atoms. The Balaban J connectivity index is 1.92. The van der Waals surface area contributed by atoms with E-state index in [0.29, 0.717) is 22.1 Å². The third-order valence-corrected chi connectivity index (χ3v) is 9.35. The predicted octanol–water partition coefficient (Wildman–Crippen LogP) is 11.6. The van der Waals surface area contributed by atoms with Gasteiger partial charge in [0.2, 0.25) is 5.67 Å². The van der Waals surface area contributed by atoms with Crippen molar-refractivity contribution in [2.75, 3.05) is 21.3 Å². The molecule has 0 saturated heterocycles. The van der Waals surface area contributed by atoms with Crippen molar-refractivity contribution >= 4 is 73.9 Å². The maximum atomic E-state index is 19.5. The lowest BCUT2D eigenvalue weighted by atomic mass is 9.66. The van der Waals surface area contributed by atoms with Crippen molar-refractivity contribution in [3.8, 4) is 5.75 Å². The van der Waals surface area contributed by atoms with Crippen LogP contribution in [0, 0.1) is 0 Å². The first-order chi connectivity index (χ1) is 22.1. The van der Waals surface area contributed by atoms with E-state index in [4.69, 9.17) is 60.6 Å². The fourth-order valence-electron chi connectivity index (χ4n) is 6.26. The van der Waals surface area contributed by atoms with Crippen LogP contribution < -0.4 is 4.74 Å². The van der Waals surface area contributed by atoms with E-state index in [2.05, 4.69) is 0 Å². The molecule has 5 aromatic carbocycles. The topological polar surface area (TPSA) is 27.7 Å². The van der Waals surface area contributed by atoms with Crippen LogP contribution in [0.5, 0.6) is 5.75 Å². The van der Waals surface area contributed by atoms with E-state index in [9.17, 15) is 0 Å². The van der Waals surface area contributed by atoms with Gasteiger partial charge in [0.1, 0.15) is 11.5 Å². The van der Waals surface area contributed by atoms with E-state index < -0.39 is 11.5 Å². The summed E-state index contributed by atoms with van der Waals surface area (Å²) >= 11 is 27.0. The van der Waals surface area contributed by atoms with Crippen molar-refractivity contribution < 1.29 is 23.0 Å². The molecule has 1 aliphatic rings. The van der Waals surface area contributed by atoms with Gasteiger partial charge in [0.25, 0.3) is 5.85 Å². The Morgan fingerprint density at radius 1 is 0.609 bits per heavy atom. The van der Waals surface area contributed by atoms with E-state index in [1.807, 2.05) is 6.07 Å². The molecule has 6 rings (SSSR count). The summed E-state index contributed by atoms with van der Waals surface area (Å²) in [6.45, 7) is 0. The molecule has 0 aliphatic heterocycles. The van der Waals surface area contributed by atoms with Crippen LogP contribution in [0.25, 0.3) is 27.5 Å². The first kappa shape index (κ1) is 32.4. The third kappa shape index (κ3) is 4.97. The minimum atomic E-state index is -3.24. The van der Waals surface area contributed by atoms with Crippen LogP contribution in [0.3, 0.4) is 0 Å². The second kappa shape index (κ2) is 12.6. The molecule has 0 radical (unpaired) electrons. The lowest BCUT2D eigenvalue weighted by molar-refractivity contribution is -0.154. The van der Waals surface area contributed by atoms with Crippen molar-refractivity contribution in [1.29, 1.82) is 0 Å². The van der Waals surface area contributed by atoms with Crippen molar-refractivity contribution in [2.24, 2.45) is 0 Å². The Morgan fingerprint density at radius 2 is 1.22 bits per heavy atom. The molecule has 5 aromatic rings. The zero-order valence-corrected chi connectivity index (χ0v) is 27.8. The van der Waals surface area contributed by atoms with E-state index >= 15 is 8.78 Å². The van der Waals surface area contributed by atoms with Gasteiger partial charge in [0, 0.05) is 39.4 Å². The monoisotopic (exact) mass is 696 g/mol. The van der Waals surface area contributed by atoms with Crippen LogP contribution in [-0.4, -0.2) is 27.2 Å². The summed E-state index contributed by atoms with van der Waals surface area (Å²) in [5, 5.41) is 1.46. The number of fused-ring (bicyclic) bond motifs is 1. The molecule has 9 heteroatoms. The standard InChI is InChI=1S/C37H26Cl4F2O3/c1-44-25-16-13-23(14-17-25)33-35(45-2)31(30-28(40)19-24(38)20-29(30)41)32(22-10-5-4-6-11-22)36(42,37(33,43)46-3)34-26-12-8-7-9-21(26)15-18-27(34)39/h4-20H,1-3H3. The Labute approximate surface area is 285 Å². The second-order valence-electron chi connectivity index (χ2n) is 10.6. The van der Waals surface area contributed by atoms with Gasteiger partial charge in [0.05, 0.1) is 29.8 Å². The number of hydrogen-bond donors (Lipinski definition) is 0. The summed E-state index contributed by atoms with van der Waals surface area (Å²) < 4.78 is 55.3. The number of allylic oxidation sites excluding steroid dienone is 1. The minimum absolute atomic E-state index is 0.0173. The van der Waals surface area contributed by atoms with Gasteiger partial charge in [-0.15, -0.1) is 0 Å². The normalized spacial score (nSPS) is 19.9. The third-order valence-electron chi connectivity index (χ3n) is 8.22. The number of methoxy groups -OCH3 is 3. The average Bonchev–Trinajstić information content (AvgIpc) is 3.06. The molecular weight excluding hydrogens is 672 g/mol. The zero-order chi connectivity index (χ0) is 32.8. The Hall–Kier alpha value is -3.58. The summed E-state index contributed by atoms with van der Waals surface area (Å²) in [4.78, 5) is 0. The quantitative estimate of drug-likeness (QED) is 0.169. The summed E-state index contributed by atoms with van der Waals surface area (Å²) in [5.41, 5.74) is -2.83. The summed E-state index contributed by atoms with van der Waals surface area (Å²) in [7, 11) is 3.99. The molecule has 3 nitrogen and oxygen atoms in total. The molecule has 2 unspecified atom stereocenters. The molecular formula is C37H26Cl4F2O3. The molecule has 0 aromatic heterocycles. The maximum absolute atomic E-state index is 19.5. The van der Waals surface area contributed by atoms with E-state index in [1.165, 1.54) is 26.4 Å². The van der Waals surface area contributed by atoms with Crippen LogP contribution in [0.4, 0.5) is 8.78 Å². The van der Waals surface area contributed by atoms with Crippen LogP contribution in [0.2, 0.25) is 20.1 Å². The van der Waals surface area contributed by atoms with Crippen LogP contribution >= 0.6 is 46.4 Å². The lowest BCUT2D eigenvalue weighted by Gasteiger charge is -2.47. The van der Waals surface area contributed by atoms with E-state index in [0.717, 1.165) is 7.11 Å². The van der Waals surface area contributed by atoms with Crippen LogP contribution in [0.15, 0.2) is 109 Å². The summed E-state index contributed by atoms with van der Waals surface area (Å²) in [5.74, 6) is -2.78. The average molecular weight is 698 g/mol. The lowest BCUT2D eigenvalue weighted by Crippen LogP contribution is -2.51. The second-order valence-corrected chi connectivity index (χ2v) is 12.3. The van der Waals surface area contributed by atoms with Gasteiger partial charge in [-0.2, -0.15) is 0 Å². The number of halogens is 6. The van der Waals surface area contributed by atoms with Gasteiger partial charge >= 0.3 is 0 Å². The van der Waals surface area contributed by atoms with Gasteiger partial charge in [-0.05, 0) is 52.2 Å². The highest BCUT2D eigenvalue weighted by Gasteiger charge is 2.66. The van der Waals surface area contributed by atoms with Gasteiger partial charge in [0.15, 0.2) is 0 Å². The maximum Gasteiger partial charge on any atom is 0.282 e. The van der Waals surface area contributed by atoms with E-state index in [-0.39, 0.29) is 59.3 Å². The molecule has 0 saturated carbocycles. The first-order valence-electron chi connectivity index (χ1n) is 14.1. The number of alkyl halides is 2. The van der Waals surface area contributed by atoms with Gasteiger partial charge < -0.3 is 14.2 Å². The van der Waals surface area contributed by atoms with Crippen molar-refractivity contribution in [2.45, 2.75) is 11.5 Å². The van der Waals surface area contributed by atoms with E-state index in [1.54, 1.807) is 84.9 Å². The SMILES string of the molecule is COC1=C(c2ccc(OC)cc2)C(F)(OC)C(F)(c2c(Cl)ccc3ccccc23)C(c2ccccc2)=C1c1c(Cl)cc(Cl)cc1Cl. The predicted molar refractivity (Wildman–Crippen MR) is 184 cm³/mol. The number of ether oxygens (including phenoxy) is 3. The van der Waals surface area contributed by atoms with Crippen LogP contribution in [0.1, 0.15) is 22.3 Å². The Morgan fingerprint density at radius 3 is 1.83 bits per heavy atom. The highest BCUT2D eigenvalue weighted by molar-refractivity contribution is 6.41. The molecule has 0 fully saturated rings. The van der Waals surface area contributed by atoms with Gasteiger partial charge in [-0.1, -0.05) is 119 Å². The Kier molecular flexibility index (Phi) is 8.83. The first-order valence-corrected chi connectivity index (χ1v) is 15.6. The summed E-state index contributed by atoms with van der Waals surface area (Å²) in [6.07, 6.45) is 0. The summed E-state index contributed by atoms with van der Waals surface area (Å²) in [6, 6.07) is 28.3. The molecule has 234 valence electrons. The zero-order valence-electron chi connectivity index (χ0n) is 24.8.